The first-order valence-electron chi connectivity index (χ1n) is 4.61. The third-order valence-corrected chi connectivity index (χ3v) is 3.16. The van der Waals surface area contributed by atoms with Gasteiger partial charge in [-0.05, 0) is 0 Å². The van der Waals surface area contributed by atoms with E-state index < -0.39 is 0 Å². The van der Waals surface area contributed by atoms with E-state index in [4.69, 9.17) is 0 Å². The number of aliphatic imine (C=N–C) groups is 1. The lowest BCUT2D eigenvalue weighted by Crippen LogP contribution is -2.35. The number of carbonyl (C=O) groups excluding carboxylic acids is 2. The third kappa shape index (κ3) is 2.29. The fraction of sp³-hybridized carbons (Fsp3) is 0.625. The van der Waals surface area contributed by atoms with Crippen LogP contribution in [0.25, 0.3) is 0 Å². The SMILES string of the molecule is CN1CC(=O)NC1=NC(=O)C1CSCN1. The highest BCUT2D eigenvalue weighted by molar-refractivity contribution is 7.99. The van der Waals surface area contributed by atoms with Crippen LogP contribution in [0.15, 0.2) is 4.99 Å². The highest BCUT2D eigenvalue weighted by Gasteiger charge is 2.26. The molecule has 2 aliphatic heterocycles. The second kappa shape index (κ2) is 4.19. The Hall–Kier alpha value is -1.08. The van der Waals surface area contributed by atoms with Crippen LogP contribution >= 0.6 is 11.8 Å². The summed E-state index contributed by atoms with van der Waals surface area (Å²) >= 11 is 1.67. The van der Waals surface area contributed by atoms with Crippen LogP contribution in [0.5, 0.6) is 0 Å². The molecule has 2 rings (SSSR count). The second-order valence-electron chi connectivity index (χ2n) is 3.45. The summed E-state index contributed by atoms with van der Waals surface area (Å²) in [6.07, 6.45) is 0. The molecule has 0 saturated carbocycles. The van der Waals surface area contributed by atoms with E-state index in [0.717, 1.165) is 11.6 Å². The average molecular weight is 228 g/mol. The molecule has 0 aromatic heterocycles. The lowest BCUT2D eigenvalue weighted by molar-refractivity contribution is -0.119. The predicted octanol–water partition coefficient (Wildman–Crippen LogP) is -1.41. The highest BCUT2D eigenvalue weighted by atomic mass is 32.2. The summed E-state index contributed by atoms with van der Waals surface area (Å²) in [5, 5.41) is 5.57. The van der Waals surface area contributed by atoms with Gasteiger partial charge >= 0.3 is 0 Å². The number of hydrogen-bond acceptors (Lipinski definition) is 4. The molecule has 2 heterocycles. The molecule has 82 valence electrons. The molecule has 0 aromatic rings. The maximum Gasteiger partial charge on any atom is 0.266 e. The van der Waals surface area contributed by atoms with E-state index in [0.29, 0.717) is 5.96 Å². The molecule has 2 aliphatic rings. The first kappa shape index (κ1) is 10.4. The van der Waals surface area contributed by atoms with E-state index in [9.17, 15) is 9.59 Å². The van der Waals surface area contributed by atoms with Gasteiger partial charge in [0.15, 0.2) is 0 Å². The smallest absolute Gasteiger partial charge is 0.266 e. The largest absolute Gasteiger partial charge is 0.336 e. The Morgan fingerprint density at radius 1 is 1.67 bits per heavy atom. The topological polar surface area (TPSA) is 73.8 Å². The number of amides is 2. The van der Waals surface area contributed by atoms with Crippen LogP contribution in [0.3, 0.4) is 0 Å². The lowest BCUT2D eigenvalue weighted by atomic mass is 10.3. The molecule has 1 atom stereocenters. The molecule has 15 heavy (non-hydrogen) atoms. The van der Waals surface area contributed by atoms with Crippen molar-refractivity contribution in [2.45, 2.75) is 6.04 Å². The van der Waals surface area contributed by atoms with Crippen molar-refractivity contribution < 1.29 is 9.59 Å². The molecule has 2 amide bonds. The van der Waals surface area contributed by atoms with Crippen molar-refractivity contribution in [3.05, 3.63) is 0 Å². The minimum atomic E-state index is -0.218. The molecule has 0 aromatic carbocycles. The quantitative estimate of drug-likeness (QED) is 0.577. The number of nitrogens with one attached hydrogen (secondary N) is 2. The van der Waals surface area contributed by atoms with E-state index in [1.165, 1.54) is 0 Å². The van der Waals surface area contributed by atoms with Gasteiger partial charge in [-0.1, -0.05) is 0 Å². The van der Waals surface area contributed by atoms with Crippen molar-refractivity contribution in [3.63, 3.8) is 0 Å². The maximum atomic E-state index is 11.6. The van der Waals surface area contributed by atoms with Gasteiger partial charge in [-0.15, -0.1) is 11.8 Å². The number of guanidine groups is 1. The molecular weight excluding hydrogens is 216 g/mol. The molecule has 0 aliphatic carbocycles. The summed E-state index contributed by atoms with van der Waals surface area (Å²) in [5.74, 6) is 1.53. The van der Waals surface area contributed by atoms with Gasteiger partial charge < -0.3 is 4.90 Å². The predicted molar refractivity (Wildman–Crippen MR) is 57.5 cm³/mol. The van der Waals surface area contributed by atoms with Crippen molar-refractivity contribution in [2.75, 3.05) is 25.2 Å². The van der Waals surface area contributed by atoms with Crippen LogP contribution in [0, 0.1) is 0 Å². The standard InChI is InChI=1S/C8H12N4O2S/c1-12-2-6(13)10-8(12)11-7(14)5-3-15-4-9-5/h5,9H,2-4H2,1H3,(H,10,11,13,14). The van der Waals surface area contributed by atoms with E-state index in [-0.39, 0.29) is 24.4 Å². The Labute approximate surface area is 91.5 Å². The Morgan fingerprint density at radius 2 is 2.47 bits per heavy atom. The number of likely N-dealkylation sites (N-methyl/N-ethyl adjacent to an activating group) is 1. The van der Waals surface area contributed by atoms with E-state index in [1.54, 1.807) is 23.7 Å². The van der Waals surface area contributed by atoms with Crippen molar-refractivity contribution in [3.8, 4) is 0 Å². The van der Waals surface area contributed by atoms with Crippen molar-refractivity contribution in [1.82, 2.24) is 15.5 Å². The minimum Gasteiger partial charge on any atom is -0.336 e. The van der Waals surface area contributed by atoms with Gasteiger partial charge in [-0.2, -0.15) is 4.99 Å². The van der Waals surface area contributed by atoms with Gasteiger partial charge in [-0.3, -0.25) is 20.2 Å². The first-order chi connectivity index (χ1) is 7.16. The van der Waals surface area contributed by atoms with E-state index in [2.05, 4.69) is 15.6 Å². The fourth-order valence-electron chi connectivity index (χ4n) is 1.40. The third-order valence-electron chi connectivity index (χ3n) is 2.22. The molecule has 2 fully saturated rings. The van der Waals surface area contributed by atoms with Gasteiger partial charge in [0.05, 0.1) is 12.6 Å². The van der Waals surface area contributed by atoms with Crippen molar-refractivity contribution in [1.29, 1.82) is 0 Å². The molecule has 1 unspecified atom stereocenters. The molecule has 0 spiro atoms. The van der Waals surface area contributed by atoms with Gasteiger partial charge in [-0.25, -0.2) is 0 Å². The zero-order valence-corrected chi connectivity index (χ0v) is 9.13. The van der Waals surface area contributed by atoms with Crippen LogP contribution in [0.4, 0.5) is 0 Å². The Balaban J connectivity index is 2.02. The first-order valence-corrected chi connectivity index (χ1v) is 5.77. The summed E-state index contributed by atoms with van der Waals surface area (Å²) in [7, 11) is 1.72. The van der Waals surface area contributed by atoms with Crippen LogP contribution in [-0.4, -0.2) is 53.9 Å². The van der Waals surface area contributed by atoms with Crippen molar-refractivity contribution >= 4 is 29.5 Å². The fourth-order valence-corrected chi connectivity index (χ4v) is 2.33. The number of rotatable bonds is 1. The molecular formula is C8H12N4O2S. The zero-order chi connectivity index (χ0) is 10.8. The Kier molecular flexibility index (Phi) is 2.92. The van der Waals surface area contributed by atoms with Gasteiger partial charge in [0, 0.05) is 18.7 Å². The summed E-state index contributed by atoms with van der Waals surface area (Å²) in [6, 6.07) is -0.214. The van der Waals surface area contributed by atoms with Crippen LogP contribution in [0.2, 0.25) is 0 Å². The summed E-state index contributed by atoms with van der Waals surface area (Å²) < 4.78 is 0. The Morgan fingerprint density at radius 3 is 3.00 bits per heavy atom. The molecule has 7 heteroatoms. The number of thioether (sulfide) groups is 1. The number of nitrogens with zero attached hydrogens (tertiary/aromatic N) is 2. The van der Waals surface area contributed by atoms with Gasteiger partial charge in [0.1, 0.15) is 0 Å². The van der Waals surface area contributed by atoms with E-state index >= 15 is 0 Å². The molecule has 0 radical (unpaired) electrons. The normalized spacial score (nSPS) is 28.6. The molecule has 0 bridgehead atoms. The van der Waals surface area contributed by atoms with Gasteiger partial charge in [0.2, 0.25) is 11.9 Å². The lowest BCUT2D eigenvalue weighted by Gasteiger charge is -2.09. The maximum absolute atomic E-state index is 11.6. The molecule has 2 saturated heterocycles. The minimum absolute atomic E-state index is 0.127. The van der Waals surface area contributed by atoms with Crippen LogP contribution in [-0.2, 0) is 9.59 Å². The molecule has 6 nitrogen and oxygen atoms in total. The average Bonchev–Trinajstić information content (AvgIpc) is 2.76. The molecule has 2 N–H and O–H groups in total. The van der Waals surface area contributed by atoms with Gasteiger partial charge in [0.25, 0.3) is 5.91 Å². The van der Waals surface area contributed by atoms with Crippen LogP contribution < -0.4 is 10.6 Å². The van der Waals surface area contributed by atoms with Crippen molar-refractivity contribution in [2.24, 2.45) is 4.99 Å². The van der Waals surface area contributed by atoms with E-state index in [1.807, 2.05) is 0 Å². The summed E-state index contributed by atoms with van der Waals surface area (Å²) in [6.45, 7) is 0.263. The monoisotopic (exact) mass is 228 g/mol. The zero-order valence-electron chi connectivity index (χ0n) is 8.32. The summed E-state index contributed by atoms with van der Waals surface area (Å²) in [4.78, 5) is 28.1. The number of carbonyl (C=O) groups is 2. The Bertz CT molecular complexity index is 325. The summed E-state index contributed by atoms with van der Waals surface area (Å²) in [5.41, 5.74) is 0. The second-order valence-corrected chi connectivity index (χ2v) is 4.48. The van der Waals surface area contributed by atoms with Crippen LogP contribution in [0.1, 0.15) is 0 Å². The highest BCUT2D eigenvalue weighted by Crippen LogP contribution is 2.10. The number of hydrogen-bond donors (Lipinski definition) is 2.